The molecule has 1 aromatic heterocycles. The van der Waals surface area contributed by atoms with Gasteiger partial charge in [0.2, 0.25) is 5.91 Å². The van der Waals surface area contributed by atoms with E-state index < -0.39 is 23.2 Å². The standard InChI is InChI=1S/C18H13F3N3O2/c1-22-16(25)10-15-23-14-5-3-2-4-13(14)17(26)24(15)12-8-6-11(7-9-12)18(19,20)21/h2-10H,1H3,(H,22,25). The van der Waals surface area contributed by atoms with Crippen LogP contribution in [0.3, 0.4) is 0 Å². The highest BCUT2D eigenvalue weighted by molar-refractivity contribution is 5.88. The Morgan fingerprint density at radius 2 is 1.77 bits per heavy atom. The summed E-state index contributed by atoms with van der Waals surface area (Å²) < 4.78 is 39.4. The molecule has 5 nitrogen and oxygen atoms in total. The SMILES string of the molecule is CNC(=O)[CH]c1nc2ccccc2c(=O)n1-c1ccc(C(F)(F)F)cc1. The average molecular weight is 360 g/mol. The van der Waals surface area contributed by atoms with E-state index in [-0.39, 0.29) is 11.5 Å². The van der Waals surface area contributed by atoms with Gasteiger partial charge in [0.15, 0.2) is 0 Å². The Labute approximate surface area is 146 Å². The molecule has 3 aromatic rings. The summed E-state index contributed by atoms with van der Waals surface area (Å²) in [5.41, 5.74) is -0.752. The second kappa shape index (κ2) is 6.62. The number of alkyl halides is 3. The molecule has 1 heterocycles. The molecule has 0 aliphatic rings. The van der Waals surface area contributed by atoms with E-state index >= 15 is 0 Å². The van der Waals surface area contributed by atoms with Gasteiger partial charge in [-0.1, -0.05) is 12.1 Å². The molecular weight excluding hydrogens is 347 g/mol. The number of benzene rings is 2. The molecule has 0 aliphatic heterocycles. The van der Waals surface area contributed by atoms with Crippen LogP contribution in [0.25, 0.3) is 16.6 Å². The van der Waals surface area contributed by atoms with Gasteiger partial charge in [-0.3, -0.25) is 14.2 Å². The molecule has 1 radical (unpaired) electrons. The summed E-state index contributed by atoms with van der Waals surface area (Å²) in [6.07, 6.45) is -3.37. The van der Waals surface area contributed by atoms with Crippen molar-refractivity contribution in [2.24, 2.45) is 0 Å². The number of amides is 1. The molecule has 2 aromatic carbocycles. The van der Waals surface area contributed by atoms with E-state index in [0.29, 0.717) is 10.9 Å². The van der Waals surface area contributed by atoms with Crippen LogP contribution >= 0.6 is 0 Å². The van der Waals surface area contributed by atoms with Gasteiger partial charge in [0.05, 0.1) is 22.2 Å². The second-order valence-electron chi connectivity index (χ2n) is 5.43. The molecule has 0 fully saturated rings. The fourth-order valence-electron chi connectivity index (χ4n) is 2.49. The van der Waals surface area contributed by atoms with Crippen molar-refractivity contribution < 1.29 is 18.0 Å². The lowest BCUT2D eigenvalue weighted by molar-refractivity contribution is -0.137. The minimum Gasteiger partial charge on any atom is -0.359 e. The maximum absolute atomic E-state index is 12.9. The minimum absolute atomic E-state index is 0.0211. The topological polar surface area (TPSA) is 64.0 Å². The third-order valence-electron chi connectivity index (χ3n) is 3.76. The number of carbonyl (C=O) groups is 1. The van der Waals surface area contributed by atoms with Gasteiger partial charge in [0.25, 0.3) is 5.56 Å². The first-order valence-electron chi connectivity index (χ1n) is 7.57. The van der Waals surface area contributed by atoms with Crippen molar-refractivity contribution in [2.75, 3.05) is 7.05 Å². The number of nitrogens with zero attached hydrogens (tertiary/aromatic N) is 2. The minimum atomic E-state index is -4.48. The van der Waals surface area contributed by atoms with E-state index in [1.54, 1.807) is 24.3 Å². The highest BCUT2D eigenvalue weighted by atomic mass is 19.4. The van der Waals surface area contributed by atoms with Gasteiger partial charge in [-0.15, -0.1) is 0 Å². The summed E-state index contributed by atoms with van der Waals surface area (Å²) in [5.74, 6) is -0.472. The summed E-state index contributed by atoms with van der Waals surface area (Å²) in [7, 11) is 1.42. The number of fused-ring (bicyclic) bond motifs is 1. The third kappa shape index (κ3) is 3.30. The molecule has 1 amide bonds. The number of hydrogen-bond donors (Lipinski definition) is 1. The average Bonchev–Trinajstić information content (AvgIpc) is 2.61. The van der Waals surface area contributed by atoms with Crippen LogP contribution in [-0.4, -0.2) is 22.5 Å². The second-order valence-corrected chi connectivity index (χ2v) is 5.43. The van der Waals surface area contributed by atoms with Crippen molar-refractivity contribution in [3.63, 3.8) is 0 Å². The number of hydrogen-bond acceptors (Lipinski definition) is 3. The van der Waals surface area contributed by atoms with Crippen molar-refractivity contribution in [3.8, 4) is 5.69 Å². The lowest BCUT2D eigenvalue weighted by Gasteiger charge is -2.14. The number of nitrogens with one attached hydrogen (secondary N) is 1. The monoisotopic (exact) mass is 360 g/mol. The van der Waals surface area contributed by atoms with Gasteiger partial charge in [-0.05, 0) is 36.4 Å². The van der Waals surface area contributed by atoms with Gasteiger partial charge < -0.3 is 5.32 Å². The Morgan fingerprint density at radius 1 is 1.12 bits per heavy atom. The molecule has 0 atom stereocenters. The summed E-state index contributed by atoms with van der Waals surface area (Å²) in [5, 5.41) is 2.68. The van der Waals surface area contributed by atoms with Gasteiger partial charge >= 0.3 is 6.18 Å². The Hall–Kier alpha value is -3.16. The van der Waals surface area contributed by atoms with Gasteiger partial charge in [0, 0.05) is 7.05 Å². The highest BCUT2D eigenvalue weighted by Crippen LogP contribution is 2.29. The van der Waals surface area contributed by atoms with Crippen LogP contribution in [0.5, 0.6) is 0 Å². The molecule has 0 unspecified atom stereocenters. The Kier molecular flexibility index (Phi) is 4.50. The Morgan fingerprint density at radius 3 is 2.38 bits per heavy atom. The van der Waals surface area contributed by atoms with Gasteiger partial charge in [-0.2, -0.15) is 13.2 Å². The molecule has 8 heteroatoms. The van der Waals surface area contributed by atoms with Crippen LogP contribution in [-0.2, 0) is 11.0 Å². The number of halogens is 3. The number of carbonyl (C=O) groups excluding carboxylic acids is 1. The summed E-state index contributed by atoms with van der Waals surface area (Å²) in [6.45, 7) is 0. The third-order valence-corrected chi connectivity index (χ3v) is 3.76. The van der Waals surface area contributed by atoms with Crippen LogP contribution in [0.1, 0.15) is 11.4 Å². The molecule has 1 N–H and O–H groups in total. The van der Waals surface area contributed by atoms with Crippen molar-refractivity contribution in [3.05, 3.63) is 76.7 Å². The van der Waals surface area contributed by atoms with Crippen LogP contribution in [0.2, 0.25) is 0 Å². The molecule has 0 bridgehead atoms. The molecule has 0 saturated carbocycles. The van der Waals surface area contributed by atoms with Crippen molar-refractivity contribution in [1.82, 2.24) is 14.9 Å². The fourth-order valence-corrected chi connectivity index (χ4v) is 2.49. The number of likely N-dealkylation sites (N-methyl/N-ethyl adjacent to an activating group) is 1. The predicted octanol–water partition coefficient (Wildman–Crippen LogP) is 2.70. The summed E-state index contributed by atoms with van der Waals surface area (Å²) in [6, 6.07) is 10.6. The highest BCUT2D eigenvalue weighted by Gasteiger charge is 2.30. The zero-order chi connectivity index (χ0) is 18.9. The first kappa shape index (κ1) is 17.7. The molecule has 133 valence electrons. The van der Waals surface area contributed by atoms with Gasteiger partial charge in [-0.25, -0.2) is 4.98 Å². The first-order valence-corrected chi connectivity index (χ1v) is 7.57. The van der Waals surface area contributed by atoms with Gasteiger partial charge in [0.1, 0.15) is 12.2 Å². The van der Waals surface area contributed by atoms with E-state index in [9.17, 15) is 22.8 Å². The maximum atomic E-state index is 12.9. The molecule has 0 spiro atoms. The van der Waals surface area contributed by atoms with Crippen molar-refractivity contribution >= 4 is 16.8 Å². The fraction of sp³-hybridized carbons (Fsp3) is 0.111. The van der Waals surface area contributed by atoms with E-state index in [1.165, 1.54) is 19.2 Å². The predicted molar refractivity (Wildman–Crippen MR) is 89.8 cm³/mol. The number of aromatic nitrogens is 2. The first-order chi connectivity index (χ1) is 12.3. The zero-order valence-electron chi connectivity index (χ0n) is 13.5. The van der Waals surface area contributed by atoms with E-state index in [0.717, 1.165) is 23.1 Å². The molecule has 0 saturated heterocycles. The van der Waals surface area contributed by atoms with E-state index in [1.807, 2.05) is 0 Å². The Bertz CT molecular complexity index is 1020. The summed E-state index contributed by atoms with van der Waals surface area (Å²) >= 11 is 0. The Balaban J connectivity index is 2.22. The lowest BCUT2D eigenvalue weighted by atomic mass is 10.1. The maximum Gasteiger partial charge on any atom is 0.416 e. The van der Waals surface area contributed by atoms with Crippen LogP contribution in [0, 0.1) is 6.42 Å². The molecule has 26 heavy (non-hydrogen) atoms. The van der Waals surface area contributed by atoms with Crippen molar-refractivity contribution in [1.29, 1.82) is 0 Å². The molecule has 0 aliphatic carbocycles. The normalized spacial score (nSPS) is 11.5. The largest absolute Gasteiger partial charge is 0.416 e. The van der Waals surface area contributed by atoms with E-state index in [4.69, 9.17) is 0 Å². The molecule has 3 rings (SSSR count). The zero-order valence-corrected chi connectivity index (χ0v) is 13.5. The van der Waals surface area contributed by atoms with Crippen LogP contribution in [0.4, 0.5) is 13.2 Å². The van der Waals surface area contributed by atoms with Crippen molar-refractivity contribution in [2.45, 2.75) is 6.18 Å². The summed E-state index contributed by atoms with van der Waals surface area (Å²) in [4.78, 5) is 28.9. The quantitative estimate of drug-likeness (QED) is 0.781. The number of rotatable bonds is 3. The number of para-hydroxylation sites is 1. The van der Waals surface area contributed by atoms with Crippen LogP contribution < -0.4 is 10.9 Å². The smallest absolute Gasteiger partial charge is 0.359 e. The lowest BCUT2D eigenvalue weighted by Crippen LogP contribution is -2.27. The van der Waals surface area contributed by atoms with E-state index in [2.05, 4.69) is 10.3 Å². The van der Waals surface area contributed by atoms with Crippen LogP contribution in [0.15, 0.2) is 53.3 Å². The molecular formula is C18H13F3N3O2.